The van der Waals surface area contributed by atoms with Gasteiger partial charge in [0.2, 0.25) is 0 Å². The van der Waals surface area contributed by atoms with Crippen molar-refractivity contribution in [3.05, 3.63) is 65.7 Å². The molecule has 7 heteroatoms. The van der Waals surface area contributed by atoms with Crippen molar-refractivity contribution in [3.63, 3.8) is 0 Å². The lowest BCUT2D eigenvalue weighted by Gasteiger charge is -2.38. The Morgan fingerprint density at radius 1 is 1.17 bits per heavy atom. The van der Waals surface area contributed by atoms with Crippen molar-refractivity contribution in [1.82, 2.24) is 10.6 Å². The highest BCUT2D eigenvalue weighted by molar-refractivity contribution is 14.0. The van der Waals surface area contributed by atoms with Gasteiger partial charge in [-0.1, -0.05) is 48.5 Å². The number of fused-ring (bicyclic) bond motifs is 1. The summed E-state index contributed by atoms with van der Waals surface area (Å²) in [5.41, 5.74) is 1.99. The van der Waals surface area contributed by atoms with Crippen LogP contribution < -0.4 is 15.4 Å². The summed E-state index contributed by atoms with van der Waals surface area (Å²) in [4.78, 5) is 4.34. The zero-order valence-electron chi connectivity index (χ0n) is 17.2. The van der Waals surface area contributed by atoms with Gasteiger partial charge in [0, 0.05) is 47.9 Å². The first-order chi connectivity index (χ1) is 13.5. The van der Waals surface area contributed by atoms with Gasteiger partial charge in [-0.2, -0.15) is 0 Å². The lowest BCUT2D eigenvalue weighted by molar-refractivity contribution is 0.0694. The molecule has 3 rings (SSSR count). The Hall–Kier alpha value is -1.61. The second-order valence-corrected chi connectivity index (χ2v) is 9.15. The number of rotatable bonds is 6. The number of guanidine groups is 1. The smallest absolute Gasteiger partial charge is 0.191 e. The van der Waals surface area contributed by atoms with Crippen LogP contribution in [0.1, 0.15) is 37.4 Å². The lowest BCUT2D eigenvalue weighted by Crippen LogP contribution is -2.46. The Morgan fingerprint density at radius 2 is 1.86 bits per heavy atom. The fourth-order valence-electron chi connectivity index (χ4n) is 3.41. The molecule has 5 nitrogen and oxygen atoms in total. The van der Waals surface area contributed by atoms with Gasteiger partial charge in [-0.15, -0.1) is 24.0 Å². The molecule has 158 valence electrons. The van der Waals surface area contributed by atoms with Crippen molar-refractivity contribution in [2.24, 2.45) is 4.99 Å². The van der Waals surface area contributed by atoms with Crippen molar-refractivity contribution >= 4 is 40.7 Å². The Kier molecular flexibility index (Phi) is 8.95. The molecule has 29 heavy (non-hydrogen) atoms. The molecular formula is C22H30IN3O2S. The maximum atomic E-state index is 12.3. The molecule has 0 aromatic heterocycles. The van der Waals surface area contributed by atoms with E-state index in [0.29, 0.717) is 24.0 Å². The second-order valence-electron chi connectivity index (χ2n) is 7.57. The molecule has 1 aliphatic heterocycles. The van der Waals surface area contributed by atoms with Gasteiger partial charge in [0.1, 0.15) is 11.4 Å². The minimum Gasteiger partial charge on any atom is -0.487 e. The van der Waals surface area contributed by atoms with E-state index in [2.05, 4.69) is 35.5 Å². The maximum Gasteiger partial charge on any atom is 0.191 e. The standard InChI is InChI=1S/C22H29N3O2S.HI/c1-22(2)15-19(18-11-7-8-12-20(18)27-22)25-21(23-3)24-13-14-28(26)16-17-9-5-4-6-10-17;/h4-12,19H,13-16H2,1-3H3,(H2,23,24,25);1H. The highest BCUT2D eigenvalue weighted by atomic mass is 127. The molecule has 2 unspecified atom stereocenters. The van der Waals surface area contributed by atoms with Crippen LogP contribution in [-0.2, 0) is 16.6 Å². The third kappa shape index (κ3) is 6.99. The number of hydrogen-bond donors (Lipinski definition) is 2. The van der Waals surface area contributed by atoms with Crippen molar-refractivity contribution in [3.8, 4) is 5.75 Å². The minimum atomic E-state index is -0.910. The summed E-state index contributed by atoms with van der Waals surface area (Å²) in [6.45, 7) is 4.80. The van der Waals surface area contributed by atoms with Crippen LogP contribution >= 0.6 is 24.0 Å². The van der Waals surface area contributed by atoms with E-state index in [9.17, 15) is 4.21 Å². The molecule has 0 saturated carbocycles. The first-order valence-electron chi connectivity index (χ1n) is 9.61. The highest BCUT2D eigenvalue weighted by Crippen LogP contribution is 2.39. The Bertz CT molecular complexity index is 843. The summed E-state index contributed by atoms with van der Waals surface area (Å²) < 4.78 is 18.4. The summed E-state index contributed by atoms with van der Waals surface area (Å²) >= 11 is 0. The zero-order valence-corrected chi connectivity index (χ0v) is 20.3. The first-order valence-corrected chi connectivity index (χ1v) is 11.1. The molecule has 0 aliphatic carbocycles. The van der Waals surface area contributed by atoms with Gasteiger partial charge in [0.05, 0.1) is 6.04 Å². The van der Waals surface area contributed by atoms with Crippen LogP contribution in [0.5, 0.6) is 5.75 Å². The van der Waals surface area contributed by atoms with E-state index < -0.39 is 10.8 Å². The molecule has 2 atom stereocenters. The van der Waals surface area contributed by atoms with Crippen molar-refractivity contribution in [2.45, 2.75) is 37.7 Å². The van der Waals surface area contributed by atoms with Crippen LogP contribution in [0.4, 0.5) is 0 Å². The Labute approximate surface area is 193 Å². The van der Waals surface area contributed by atoms with E-state index >= 15 is 0 Å². The molecule has 2 aromatic rings. The number of hydrogen-bond acceptors (Lipinski definition) is 3. The highest BCUT2D eigenvalue weighted by Gasteiger charge is 2.33. The molecule has 0 spiro atoms. The lowest BCUT2D eigenvalue weighted by atomic mass is 9.90. The zero-order chi connectivity index (χ0) is 20.0. The van der Waals surface area contributed by atoms with E-state index in [1.807, 2.05) is 48.5 Å². The molecule has 2 N–H and O–H groups in total. The fraction of sp³-hybridized carbons (Fsp3) is 0.409. The summed E-state index contributed by atoms with van der Waals surface area (Å²) in [6.07, 6.45) is 0.838. The van der Waals surface area contributed by atoms with Crippen molar-refractivity contribution in [2.75, 3.05) is 19.3 Å². The molecule has 1 heterocycles. The average Bonchev–Trinajstić information content (AvgIpc) is 2.67. The Morgan fingerprint density at radius 3 is 2.59 bits per heavy atom. The van der Waals surface area contributed by atoms with E-state index in [1.165, 1.54) is 0 Å². The molecular weight excluding hydrogens is 497 g/mol. The minimum absolute atomic E-state index is 0. The fourth-order valence-corrected chi connectivity index (χ4v) is 4.44. The normalized spacial score (nSPS) is 18.6. The number of aliphatic imine (C=N–C) groups is 1. The molecule has 2 aromatic carbocycles. The summed E-state index contributed by atoms with van der Waals surface area (Å²) in [6, 6.07) is 18.2. The summed E-state index contributed by atoms with van der Waals surface area (Å²) in [7, 11) is 0.846. The molecule has 0 saturated heterocycles. The first kappa shape index (κ1) is 23.7. The number of para-hydroxylation sites is 1. The second kappa shape index (κ2) is 11.0. The van der Waals surface area contributed by atoms with E-state index in [-0.39, 0.29) is 35.6 Å². The van der Waals surface area contributed by atoms with Crippen LogP contribution in [0.2, 0.25) is 0 Å². The molecule has 0 fully saturated rings. The maximum absolute atomic E-state index is 12.3. The monoisotopic (exact) mass is 527 g/mol. The van der Waals surface area contributed by atoms with E-state index in [0.717, 1.165) is 23.3 Å². The van der Waals surface area contributed by atoms with Gasteiger partial charge < -0.3 is 15.4 Å². The van der Waals surface area contributed by atoms with Gasteiger partial charge in [0.15, 0.2) is 5.96 Å². The van der Waals surface area contributed by atoms with E-state index in [4.69, 9.17) is 4.74 Å². The predicted octanol–water partition coefficient (Wildman–Crippen LogP) is 4.02. The summed E-state index contributed by atoms with van der Waals surface area (Å²) in [5.74, 6) is 2.78. The van der Waals surface area contributed by atoms with Crippen molar-refractivity contribution < 1.29 is 8.95 Å². The van der Waals surface area contributed by atoms with Gasteiger partial charge in [-0.05, 0) is 25.5 Å². The van der Waals surface area contributed by atoms with Crippen LogP contribution in [0, 0.1) is 0 Å². The van der Waals surface area contributed by atoms with Crippen LogP contribution in [0.25, 0.3) is 0 Å². The van der Waals surface area contributed by atoms with Gasteiger partial charge in [-0.25, -0.2) is 0 Å². The Balaban J connectivity index is 0.00000300. The predicted molar refractivity (Wildman–Crippen MR) is 132 cm³/mol. The number of halogens is 1. The van der Waals surface area contributed by atoms with Crippen LogP contribution in [0.15, 0.2) is 59.6 Å². The molecule has 0 amide bonds. The average molecular weight is 527 g/mol. The number of ether oxygens (including phenoxy) is 1. The van der Waals surface area contributed by atoms with Gasteiger partial charge >= 0.3 is 0 Å². The molecule has 0 bridgehead atoms. The van der Waals surface area contributed by atoms with Gasteiger partial charge in [0.25, 0.3) is 0 Å². The molecule has 1 aliphatic rings. The van der Waals surface area contributed by atoms with Crippen LogP contribution in [0.3, 0.4) is 0 Å². The third-order valence-electron chi connectivity index (χ3n) is 4.70. The van der Waals surface area contributed by atoms with E-state index in [1.54, 1.807) is 7.05 Å². The largest absolute Gasteiger partial charge is 0.487 e. The topological polar surface area (TPSA) is 62.7 Å². The number of nitrogens with zero attached hydrogens (tertiary/aromatic N) is 1. The quantitative estimate of drug-likeness (QED) is 0.339. The van der Waals surface area contributed by atoms with Crippen LogP contribution in [-0.4, -0.2) is 35.1 Å². The van der Waals surface area contributed by atoms with Crippen molar-refractivity contribution in [1.29, 1.82) is 0 Å². The summed E-state index contributed by atoms with van der Waals surface area (Å²) in [5, 5.41) is 6.80. The SMILES string of the molecule is CN=C(NCCS(=O)Cc1ccccc1)NC1CC(C)(C)Oc2ccccc21.I. The number of nitrogens with one attached hydrogen (secondary N) is 2. The van der Waals surface area contributed by atoms with Gasteiger partial charge in [-0.3, -0.25) is 9.20 Å². The number of benzene rings is 2. The molecule has 0 radical (unpaired) electrons. The third-order valence-corrected chi connectivity index (χ3v) is 6.02.